The van der Waals surface area contributed by atoms with Crippen LogP contribution in [0.3, 0.4) is 0 Å². The molecule has 0 unspecified atom stereocenters. The number of hydrogen-bond donors (Lipinski definition) is 2. The Morgan fingerprint density at radius 1 is 1.19 bits per heavy atom. The standard InChI is InChI=1S/C22H26N4O4S/c1-30-13-12-25-20(23)19(21(28)24-22(25)29)26(15-16-7-3-2-4-8-16)18(27)11-5-9-17-10-6-14-31-17/h2-4,6-8,10,14H,5,9,11-13,15,23H2,1H3,(H,24,28,29). The molecule has 3 rings (SSSR count). The average Bonchev–Trinajstić information content (AvgIpc) is 3.27. The van der Waals surface area contributed by atoms with Gasteiger partial charge >= 0.3 is 5.69 Å². The molecule has 1 amide bonds. The monoisotopic (exact) mass is 442 g/mol. The number of methoxy groups -OCH3 is 1. The molecule has 2 heterocycles. The predicted molar refractivity (Wildman–Crippen MR) is 123 cm³/mol. The lowest BCUT2D eigenvalue weighted by Gasteiger charge is -2.25. The van der Waals surface area contributed by atoms with Crippen LogP contribution in [0, 0.1) is 0 Å². The minimum atomic E-state index is -0.682. The molecule has 0 aliphatic heterocycles. The van der Waals surface area contributed by atoms with Crippen LogP contribution in [0.5, 0.6) is 0 Å². The predicted octanol–water partition coefficient (Wildman–Crippen LogP) is 2.38. The number of hydrogen-bond acceptors (Lipinski definition) is 6. The molecule has 9 heteroatoms. The molecule has 1 aromatic carbocycles. The lowest BCUT2D eigenvalue weighted by molar-refractivity contribution is -0.118. The van der Waals surface area contributed by atoms with E-state index in [1.807, 2.05) is 47.8 Å². The van der Waals surface area contributed by atoms with Crippen molar-refractivity contribution in [3.63, 3.8) is 0 Å². The first-order valence-corrected chi connectivity index (χ1v) is 10.9. The summed E-state index contributed by atoms with van der Waals surface area (Å²) in [7, 11) is 1.51. The van der Waals surface area contributed by atoms with Gasteiger partial charge < -0.3 is 15.4 Å². The van der Waals surface area contributed by atoms with Crippen molar-refractivity contribution in [2.24, 2.45) is 0 Å². The van der Waals surface area contributed by atoms with Gasteiger partial charge in [-0.1, -0.05) is 36.4 Å². The number of carbonyl (C=O) groups is 1. The number of nitrogens with two attached hydrogens (primary N) is 1. The quantitative estimate of drug-likeness (QED) is 0.501. The molecule has 0 atom stereocenters. The maximum absolute atomic E-state index is 13.2. The summed E-state index contributed by atoms with van der Waals surface area (Å²) in [4.78, 5) is 43.0. The summed E-state index contributed by atoms with van der Waals surface area (Å²) < 4.78 is 6.25. The van der Waals surface area contributed by atoms with Gasteiger partial charge in [0.05, 0.1) is 19.7 Å². The molecular formula is C22H26N4O4S. The van der Waals surface area contributed by atoms with E-state index in [9.17, 15) is 14.4 Å². The minimum Gasteiger partial charge on any atom is -0.383 e. The van der Waals surface area contributed by atoms with E-state index in [0.29, 0.717) is 6.42 Å². The smallest absolute Gasteiger partial charge is 0.330 e. The molecule has 0 bridgehead atoms. The maximum Gasteiger partial charge on any atom is 0.330 e. The van der Waals surface area contributed by atoms with Crippen molar-refractivity contribution < 1.29 is 9.53 Å². The Labute approximate surface area is 183 Å². The average molecular weight is 443 g/mol. The van der Waals surface area contributed by atoms with Crippen molar-refractivity contribution in [2.75, 3.05) is 24.4 Å². The summed E-state index contributed by atoms with van der Waals surface area (Å²) in [5, 5.41) is 2.00. The third-order valence-electron chi connectivity index (χ3n) is 4.88. The molecule has 0 aliphatic rings. The Bertz CT molecular complexity index is 1110. The van der Waals surface area contributed by atoms with Crippen LogP contribution in [0.4, 0.5) is 11.5 Å². The Morgan fingerprint density at radius 3 is 2.65 bits per heavy atom. The van der Waals surface area contributed by atoms with Gasteiger partial charge in [-0.25, -0.2) is 4.79 Å². The Morgan fingerprint density at radius 2 is 1.97 bits per heavy atom. The van der Waals surface area contributed by atoms with Gasteiger partial charge in [-0.2, -0.15) is 0 Å². The molecule has 0 aliphatic carbocycles. The SMILES string of the molecule is COCCn1c(N)c(N(Cc2ccccc2)C(=O)CCCc2cccs2)c(=O)[nH]c1=O. The summed E-state index contributed by atoms with van der Waals surface area (Å²) in [5.74, 6) is -0.275. The highest BCUT2D eigenvalue weighted by Crippen LogP contribution is 2.21. The van der Waals surface area contributed by atoms with Gasteiger partial charge in [-0.3, -0.25) is 19.1 Å². The zero-order valence-corrected chi connectivity index (χ0v) is 18.2. The van der Waals surface area contributed by atoms with Gasteiger partial charge in [0.2, 0.25) is 5.91 Å². The van der Waals surface area contributed by atoms with Gasteiger partial charge in [0.25, 0.3) is 5.56 Å². The summed E-state index contributed by atoms with van der Waals surface area (Å²) in [5.41, 5.74) is 5.74. The van der Waals surface area contributed by atoms with Crippen molar-refractivity contribution in [3.8, 4) is 0 Å². The third kappa shape index (κ3) is 5.71. The molecule has 2 aromatic heterocycles. The van der Waals surface area contributed by atoms with Crippen molar-refractivity contribution in [3.05, 3.63) is 79.1 Å². The van der Waals surface area contributed by atoms with Crippen molar-refractivity contribution in [1.29, 1.82) is 0 Å². The van der Waals surface area contributed by atoms with Gasteiger partial charge in [-0.15, -0.1) is 11.3 Å². The van der Waals surface area contributed by atoms with Gasteiger partial charge in [0.1, 0.15) is 5.82 Å². The number of nitrogens with zero attached hydrogens (tertiary/aromatic N) is 2. The lowest BCUT2D eigenvalue weighted by Crippen LogP contribution is -2.41. The number of anilines is 2. The van der Waals surface area contributed by atoms with E-state index in [4.69, 9.17) is 10.5 Å². The topological polar surface area (TPSA) is 110 Å². The van der Waals surface area contributed by atoms with E-state index >= 15 is 0 Å². The zero-order chi connectivity index (χ0) is 22.2. The zero-order valence-electron chi connectivity index (χ0n) is 17.4. The maximum atomic E-state index is 13.2. The van der Waals surface area contributed by atoms with E-state index in [0.717, 1.165) is 12.0 Å². The first kappa shape index (κ1) is 22.5. The molecule has 31 heavy (non-hydrogen) atoms. The molecule has 3 aromatic rings. The fourth-order valence-corrected chi connectivity index (χ4v) is 4.06. The molecule has 164 valence electrons. The number of carbonyl (C=O) groups excluding carboxylic acids is 1. The first-order valence-electron chi connectivity index (χ1n) is 9.99. The van der Waals surface area contributed by atoms with E-state index in [-0.39, 0.29) is 43.5 Å². The van der Waals surface area contributed by atoms with E-state index in [1.165, 1.54) is 21.5 Å². The van der Waals surface area contributed by atoms with Crippen molar-refractivity contribution >= 4 is 28.7 Å². The van der Waals surface area contributed by atoms with E-state index < -0.39 is 11.2 Å². The minimum absolute atomic E-state index is 0.0133. The molecule has 0 fully saturated rings. The van der Waals surface area contributed by atoms with Crippen LogP contribution in [0.1, 0.15) is 23.3 Å². The van der Waals surface area contributed by atoms with E-state index in [2.05, 4.69) is 4.98 Å². The van der Waals surface area contributed by atoms with Crippen LogP contribution in [-0.4, -0.2) is 29.2 Å². The van der Waals surface area contributed by atoms with E-state index in [1.54, 1.807) is 11.3 Å². The molecular weight excluding hydrogens is 416 g/mol. The van der Waals surface area contributed by atoms with Crippen LogP contribution in [0.2, 0.25) is 0 Å². The highest BCUT2D eigenvalue weighted by atomic mass is 32.1. The summed E-state index contributed by atoms with van der Waals surface area (Å²) in [6.07, 6.45) is 1.67. The largest absolute Gasteiger partial charge is 0.383 e. The van der Waals surface area contributed by atoms with Crippen LogP contribution < -0.4 is 21.9 Å². The second-order valence-electron chi connectivity index (χ2n) is 7.04. The number of rotatable bonds is 10. The summed E-state index contributed by atoms with van der Waals surface area (Å²) in [6.45, 7) is 0.578. The number of benzene rings is 1. The number of aryl methyl sites for hydroxylation is 1. The van der Waals surface area contributed by atoms with Gasteiger partial charge in [-0.05, 0) is 29.9 Å². The fourth-order valence-electron chi connectivity index (χ4n) is 3.30. The summed E-state index contributed by atoms with van der Waals surface area (Å²) in [6, 6.07) is 13.4. The molecule has 0 radical (unpaired) electrons. The van der Waals surface area contributed by atoms with Gasteiger partial charge in [0, 0.05) is 18.4 Å². The Kier molecular flexibility index (Phi) is 7.80. The van der Waals surface area contributed by atoms with Crippen molar-refractivity contribution in [2.45, 2.75) is 32.4 Å². The van der Waals surface area contributed by atoms with Crippen LogP contribution in [0.15, 0.2) is 57.4 Å². The third-order valence-corrected chi connectivity index (χ3v) is 5.82. The van der Waals surface area contributed by atoms with Crippen LogP contribution in [0.25, 0.3) is 0 Å². The number of nitrogens with one attached hydrogen (secondary N) is 1. The van der Waals surface area contributed by atoms with Gasteiger partial charge in [0.15, 0.2) is 5.69 Å². The highest BCUT2D eigenvalue weighted by molar-refractivity contribution is 7.09. The number of ether oxygens (including phenoxy) is 1. The first-order chi connectivity index (χ1) is 15.0. The molecule has 0 saturated heterocycles. The number of aromatic amines is 1. The Balaban J connectivity index is 1.92. The molecule has 0 spiro atoms. The lowest BCUT2D eigenvalue weighted by atomic mass is 10.1. The second-order valence-corrected chi connectivity index (χ2v) is 8.07. The normalized spacial score (nSPS) is 10.9. The highest BCUT2D eigenvalue weighted by Gasteiger charge is 2.24. The number of H-pyrrole nitrogens is 1. The fraction of sp³-hybridized carbons (Fsp3) is 0.318. The second kappa shape index (κ2) is 10.7. The molecule has 3 N–H and O–H groups in total. The van der Waals surface area contributed by atoms with Crippen molar-refractivity contribution in [1.82, 2.24) is 9.55 Å². The summed E-state index contributed by atoms with van der Waals surface area (Å²) >= 11 is 1.65. The number of nitrogen functional groups attached to an aromatic ring is 1. The molecule has 8 nitrogen and oxygen atoms in total. The number of amides is 1. The molecule has 0 saturated carbocycles. The Hall–Kier alpha value is -3.17. The number of thiophene rings is 1. The van der Waals surface area contributed by atoms with Crippen LogP contribution in [-0.2, 0) is 29.0 Å². The van der Waals surface area contributed by atoms with Crippen LogP contribution >= 0.6 is 11.3 Å². The number of aromatic nitrogens is 2.